The van der Waals surface area contributed by atoms with Crippen molar-refractivity contribution >= 4 is 28.9 Å². The van der Waals surface area contributed by atoms with E-state index in [0.29, 0.717) is 0 Å². The van der Waals surface area contributed by atoms with Gasteiger partial charge in [0.15, 0.2) is 0 Å². The highest BCUT2D eigenvalue weighted by atomic mass is 19.4. The predicted molar refractivity (Wildman–Crippen MR) is 93.6 cm³/mol. The summed E-state index contributed by atoms with van der Waals surface area (Å²) in [5.74, 6) is -1.80. The summed E-state index contributed by atoms with van der Waals surface area (Å²) < 4.78 is 38.6. The van der Waals surface area contributed by atoms with Gasteiger partial charge in [-0.1, -0.05) is 12.1 Å². The molecule has 3 rings (SSSR count). The number of amides is 2. The Morgan fingerprint density at radius 2 is 1.89 bits per heavy atom. The quantitative estimate of drug-likeness (QED) is 0.635. The van der Waals surface area contributed by atoms with Gasteiger partial charge >= 0.3 is 6.18 Å². The van der Waals surface area contributed by atoms with Crippen LogP contribution in [0.5, 0.6) is 0 Å². The molecule has 0 bridgehead atoms. The second-order valence-corrected chi connectivity index (χ2v) is 6.25. The lowest BCUT2D eigenvalue weighted by Gasteiger charge is -2.18. The molecule has 2 aromatic carbocycles. The van der Waals surface area contributed by atoms with E-state index in [1.54, 1.807) is 0 Å². The van der Waals surface area contributed by atoms with Crippen LogP contribution in [0.1, 0.15) is 12.0 Å². The van der Waals surface area contributed by atoms with E-state index in [4.69, 9.17) is 0 Å². The van der Waals surface area contributed by atoms with Crippen LogP contribution < -0.4 is 10.2 Å². The van der Waals surface area contributed by atoms with Crippen molar-refractivity contribution in [2.75, 3.05) is 16.8 Å². The third kappa shape index (κ3) is 4.11. The average Bonchev–Trinajstić information content (AvgIpc) is 3.03. The van der Waals surface area contributed by atoms with Crippen molar-refractivity contribution in [3.05, 3.63) is 64.2 Å². The summed E-state index contributed by atoms with van der Waals surface area (Å²) in [7, 11) is 0. The van der Waals surface area contributed by atoms with Gasteiger partial charge in [-0.2, -0.15) is 13.2 Å². The Kier molecular flexibility index (Phi) is 5.04. The smallest absolute Gasteiger partial charge is 0.326 e. The minimum absolute atomic E-state index is 0.0606. The van der Waals surface area contributed by atoms with Gasteiger partial charge in [0.05, 0.1) is 16.4 Å². The molecule has 0 saturated carbocycles. The Hall–Kier alpha value is -3.43. The molecule has 2 aromatic rings. The lowest BCUT2D eigenvalue weighted by atomic mass is 10.1. The molecule has 146 valence electrons. The standard InChI is InChI=1S/C18H14F3N3O4/c19-18(20,21)12-3-1-5-14(8-12)23-10-11(7-16(23)25)17(26)22-13-4-2-6-15(9-13)24(27)28/h1-6,8-9,11H,7,10H2,(H,22,26)/t11-/m0/s1. The van der Waals surface area contributed by atoms with Gasteiger partial charge in [-0.05, 0) is 24.3 Å². The third-order valence-corrected chi connectivity index (χ3v) is 4.31. The van der Waals surface area contributed by atoms with Crippen LogP contribution in [0.2, 0.25) is 0 Å². The Morgan fingerprint density at radius 1 is 1.18 bits per heavy atom. The molecular weight excluding hydrogens is 379 g/mol. The second-order valence-electron chi connectivity index (χ2n) is 6.25. The molecule has 0 radical (unpaired) electrons. The van der Waals surface area contributed by atoms with Crippen LogP contribution >= 0.6 is 0 Å². The molecule has 1 heterocycles. The normalized spacial score (nSPS) is 16.9. The maximum Gasteiger partial charge on any atom is 0.416 e. The van der Waals surface area contributed by atoms with Gasteiger partial charge in [-0.3, -0.25) is 19.7 Å². The van der Waals surface area contributed by atoms with E-state index in [9.17, 15) is 32.9 Å². The number of anilines is 2. The first-order valence-electron chi connectivity index (χ1n) is 8.18. The van der Waals surface area contributed by atoms with E-state index in [0.717, 1.165) is 17.0 Å². The first-order chi connectivity index (χ1) is 13.1. The Labute approximate surface area is 156 Å². The number of halogens is 3. The van der Waals surface area contributed by atoms with Crippen molar-refractivity contribution in [3.63, 3.8) is 0 Å². The third-order valence-electron chi connectivity index (χ3n) is 4.31. The highest BCUT2D eigenvalue weighted by molar-refractivity contribution is 6.03. The topological polar surface area (TPSA) is 92.5 Å². The second kappa shape index (κ2) is 7.29. The number of carbonyl (C=O) groups is 2. The van der Waals surface area contributed by atoms with Gasteiger partial charge in [0.2, 0.25) is 11.8 Å². The number of alkyl halides is 3. The molecule has 0 aromatic heterocycles. The molecule has 1 aliphatic rings. The van der Waals surface area contributed by atoms with Gasteiger partial charge in [-0.15, -0.1) is 0 Å². The van der Waals surface area contributed by atoms with E-state index in [1.165, 1.54) is 36.4 Å². The number of nitrogens with one attached hydrogen (secondary N) is 1. The summed E-state index contributed by atoms with van der Waals surface area (Å²) in [6.07, 6.45) is -4.71. The number of nitro benzene ring substituents is 1. The minimum atomic E-state index is -4.54. The molecule has 1 saturated heterocycles. The fourth-order valence-electron chi connectivity index (χ4n) is 2.92. The fraction of sp³-hybridized carbons (Fsp3) is 0.222. The number of non-ortho nitro benzene ring substituents is 1. The van der Waals surface area contributed by atoms with Gasteiger partial charge in [0.1, 0.15) is 0 Å². The van der Waals surface area contributed by atoms with Crippen LogP contribution in [-0.4, -0.2) is 23.3 Å². The molecule has 1 fully saturated rings. The van der Waals surface area contributed by atoms with Crippen LogP contribution in [0.15, 0.2) is 48.5 Å². The molecular formula is C18H14F3N3O4. The summed E-state index contributed by atoms with van der Waals surface area (Å²) in [5, 5.41) is 13.3. The van der Waals surface area contributed by atoms with Crippen LogP contribution in [0.3, 0.4) is 0 Å². The molecule has 1 atom stereocenters. The lowest BCUT2D eigenvalue weighted by Crippen LogP contribution is -2.28. The Bertz CT molecular complexity index is 946. The monoisotopic (exact) mass is 393 g/mol. The molecule has 0 aliphatic carbocycles. The number of hydrogen-bond donors (Lipinski definition) is 1. The molecule has 10 heteroatoms. The molecule has 1 N–H and O–H groups in total. The molecule has 0 unspecified atom stereocenters. The van der Waals surface area contributed by atoms with Crippen molar-refractivity contribution in [2.45, 2.75) is 12.6 Å². The van der Waals surface area contributed by atoms with E-state index in [1.807, 2.05) is 0 Å². The lowest BCUT2D eigenvalue weighted by molar-refractivity contribution is -0.384. The number of nitro groups is 1. The van der Waals surface area contributed by atoms with Crippen LogP contribution in [0.4, 0.5) is 30.2 Å². The summed E-state index contributed by atoms with van der Waals surface area (Å²) >= 11 is 0. The van der Waals surface area contributed by atoms with E-state index in [2.05, 4.69) is 5.32 Å². The van der Waals surface area contributed by atoms with E-state index < -0.39 is 34.4 Å². The summed E-state index contributed by atoms with van der Waals surface area (Å²) in [5.41, 5.74) is -0.831. The van der Waals surface area contributed by atoms with Gasteiger partial charge in [0.25, 0.3) is 5.69 Å². The summed E-state index contributed by atoms with van der Waals surface area (Å²) in [6.45, 7) is -0.0824. The zero-order valence-corrected chi connectivity index (χ0v) is 14.3. The fourth-order valence-corrected chi connectivity index (χ4v) is 2.92. The van der Waals surface area contributed by atoms with Crippen LogP contribution in [0.25, 0.3) is 0 Å². The van der Waals surface area contributed by atoms with Crippen molar-refractivity contribution in [2.24, 2.45) is 5.92 Å². The van der Waals surface area contributed by atoms with Gasteiger partial charge in [0, 0.05) is 36.5 Å². The highest BCUT2D eigenvalue weighted by Crippen LogP contribution is 2.33. The van der Waals surface area contributed by atoms with Crippen LogP contribution in [-0.2, 0) is 15.8 Å². The average molecular weight is 393 g/mol. The number of carbonyl (C=O) groups excluding carboxylic acids is 2. The van der Waals surface area contributed by atoms with E-state index >= 15 is 0 Å². The molecule has 1 aliphatic heterocycles. The first-order valence-corrected chi connectivity index (χ1v) is 8.18. The SMILES string of the molecule is O=C(Nc1cccc([N+](=O)[O-])c1)[C@H]1CC(=O)N(c2cccc(C(F)(F)F)c2)C1. The highest BCUT2D eigenvalue weighted by Gasteiger charge is 2.37. The number of benzene rings is 2. The Morgan fingerprint density at radius 3 is 2.57 bits per heavy atom. The number of nitrogens with zero attached hydrogens (tertiary/aromatic N) is 2. The van der Waals surface area contributed by atoms with Gasteiger partial charge < -0.3 is 10.2 Å². The number of rotatable bonds is 4. The molecule has 0 spiro atoms. The van der Waals surface area contributed by atoms with E-state index in [-0.39, 0.29) is 30.0 Å². The molecule has 28 heavy (non-hydrogen) atoms. The zero-order chi connectivity index (χ0) is 20.5. The van der Waals surface area contributed by atoms with Crippen molar-refractivity contribution in [3.8, 4) is 0 Å². The zero-order valence-electron chi connectivity index (χ0n) is 14.3. The van der Waals surface area contributed by atoms with Crippen molar-refractivity contribution < 1.29 is 27.7 Å². The van der Waals surface area contributed by atoms with Crippen LogP contribution in [0, 0.1) is 16.0 Å². The maximum atomic E-state index is 12.9. The Balaban J connectivity index is 1.73. The predicted octanol–water partition coefficient (Wildman–Crippen LogP) is 3.61. The summed E-state index contributed by atoms with van der Waals surface area (Å²) in [4.78, 5) is 35.9. The summed E-state index contributed by atoms with van der Waals surface area (Å²) in [6, 6.07) is 9.64. The maximum absolute atomic E-state index is 12.9. The molecule has 7 nitrogen and oxygen atoms in total. The van der Waals surface area contributed by atoms with Crippen molar-refractivity contribution in [1.29, 1.82) is 0 Å². The van der Waals surface area contributed by atoms with Crippen molar-refractivity contribution in [1.82, 2.24) is 0 Å². The first kappa shape index (κ1) is 19.3. The van der Waals surface area contributed by atoms with Gasteiger partial charge in [-0.25, -0.2) is 0 Å². The largest absolute Gasteiger partial charge is 0.416 e. The molecule has 2 amide bonds. The minimum Gasteiger partial charge on any atom is -0.326 e. The number of hydrogen-bond acceptors (Lipinski definition) is 4.